The fourth-order valence-corrected chi connectivity index (χ4v) is 2.18. The Morgan fingerprint density at radius 1 is 0.792 bits per heavy atom. The van der Waals surface area contributed by atoms with Crippen molar-refractivity contribution in [2.75, 3.05) is 26.4 Å². The first-order valence-corrected chi connectivity index (χ1v) is 7.05. The van der Waals surface area contributed by atoms with Gasteiger partial charge in [-0.05, 0) is 0 Å². The summed E-state index contributed by atoms with van der Waals surface area (Å²) < 4.78 is 9.18. The highest BCUT2D eigenvalue weighted by Gasteiger charge is 2.52. The number of hydrogen-bond donors (Lipinski definition) is 10. The van der Waals surface area contributed by atoms with Gasteiger partial charge in [0.15, 0.2) is 0 Å². The molecule has 0 aromatic rings. The topological polar surface area (TPSA) is 221 Å². The van der Waals surface area contributed by atoms with E-state index < -0.39 is 68.0 Å². The first kappa shape index (κ1) is 21.6. The van der Waals surface area contributed by atoms with Crippen LogP contribution >= 0.6 is 0 Å². The van der Waals surface area contributed by atoms with Gasteiger partial charge in [0.05, 0.1) is 26.4 Å². The molecule has 2 fully saturated rings. The summed E-state index contributed by atoms with van der Waals surface area (Å²) in [6.07, 6.45) is -8.49. The van der Waals surface area contributed by atoms with Crippen LogP contribution in [0.4, 0.5) is 0 Å². The Labute approximate surface area is 136 Å². The van der Waals surface area contributed by atoms with Crippen LogP contribution in [0, 0.1) is 0 Å². The summed E-state index contributed by atoms with van der Waals surface area (Å²) in [6, 6.07) is 0. The van der Waals surface area contributed by atoms with Crippen LogP contribution in [-0.2, 0) is 9.47 Å². The van der Waals surface area contributed by atoms with Crippen molar-refractivity contribution in [3.8, 4) is 0 Å². The molecule has 0 amide bonds. The molecule has 2 aliphatic rings. The standard InChI is InChI=1S/2C6H12O6/c7-2-6(11)5(10)4(9)3(8)1-12-6;7-1-3-4(9)5(10)6(11,2-8)12-3/h2*3-5,7-11H,1-2H2/t2*3-,4+,5-,6+/m00/s1. The van der Waals surface area contributed by atoms with Crippen LogP contribution in [-0.4, -0.2) is 126 Å². The summed E-state index contributed by atoms with van der Waals surface area (Å²) in [5, 5.41) is 89.7. The van der Waals surface area contributed by atoms with Crippen molar-refractivity contribution in [3.63, 3.8) is 0 Å². The Kier molecular flexibility index (Phi) is 7.43. The molecule has 2 rings (SSSR count). The molecule has 0 unspecified atom stereocenters. The minimum absolute atomic E-state index is 0.324. The van der Waals surface area contributed by atoms with E-state index in [1.807, 2.05) is 0 Å². The van der Waals surface area contributed by atoms with Gasteiger partial charge in [-0.2, -0.15) is 0 Å². The van der Waals surface area contributed by atoms with Crippen LogP contribution in [0.2, 0.25) is 0 Å². The maximum absolute atomic E-state index is 9.25. The van der Waals surface area contributed by atoms with E-state index in [4.69, 9.17) is 40.9 Å². The smallest absolute Gasteiger partial charge is 0.219 e. The van der Waals surface area contributed by atoms with E-state index >= 15 is 0 Å². The number of aliphatic hydroxyl groups is 10. The summed E-state index contributed by atoms with van der Waals surface area (Å²) in [7, 11) is 0. The Hall–Kier alpha value is -0.480. The largest absolute Gasteiger partial charge is 0.394 e. The van der Waals surface area contributed by atoms with Gasteiger partial charge in [-0.25, -0.2) is 0 Å². The molecule has 0 aliphatic carbocycles. The van der Waals surface area contributed by atoms with Gasteiger partial charge in [0.2, 0.25) is 11.6 Å². The van der Waals surface area contributed by atoms with E-state index in [1.165, 1.54) is 0 Å². The van der Waals surface area contributed by atoms with Crippen molar-refractivity contribution in [1.82, 2.24) is 0 Å². The van der Waals surface area contributed by atoms with Gasteiger partial charge in [-0.3, -0.25) is 0 Å². The first-order valence-electron chi connectivity index (χ1n) is 7.05. The Bertz CT molecular complexity index is 392. The molecule has 2 aliphatic heterocycles. The predicted octanol–water partition coefficient (Wildman–Crippen LogP) is -6.44. The summed E-state index contributed by atoms with van der Waals surface area (Å²) in [6.45, 7) is -2.52. The first-order chi connectivity index (χ1) is 11.1. The molecule has 0 aromatic heterocycles. The second-order valence-electron chi connectivity index (χ2n) is 5.59. The van der Waals surface area contributed by atoms with E-state index in [-0.39, 0.29) is 6.61 Å². The molecule has 10 N–H and O–H groups in total. The van der Waals surface area contributed by atoms with E-state index in [1.54, 1.807) is 0 Å². The fraction of sp³-hybridized carbons (Fsp3) is 1.00. The molecule has 12 nitrogen and oxygen atoms in total. The number of ether oxygens (including phenoxy) is 2. The summed E-state index contributed by atoms with van der Waals surface area (Å²) in [5.74, 6) is -4.33. The Morgan fingerprint density at radius 2 is 1.29 bits per heavy atom. The SMILES string of the molecule is OC[C@@H]1O[C@](O)(CO)[C@@H](O)[C@@H]1O.OC[C@@]1(O)OC[C@H](O)[C@@H](O)[C@@H]1O. The normalized spacial score (nSPS) is 48.8. The van der Waals surface area contributed by atoms with Crippen molar-refractivity contribution in [1.29, 1.82) is 0 Å². The van der Waals surface area contributed by atoms with Gasteiger partial charge in [0.1, 0.15) is 36.6 Å². The van der Waals surface area contributed by atoms with Crippen molar-refractivity contribution in [3.05, 3.63) is 0 Å². The molecular formula is C12H24O12. The highest BCUT2D eigenvalue weighted by Crippen LogP contribution is 2.28. The zero-order valence-corrected chi connectivity index (χ0v) is 12.6. The van der Waals surface area contributed by atoms with Gasteiger partial charge in [-0.1, -0.05) is 0 Å². The van der Waals surface area contributed by atoms with E-state index in [9.17, 15) is 10.2 Å². The molecule has 144 valence electrons. The van der Waals surface area contributed by atoms with Crippen LogP contribution < -0.4 is 0 Å². The molecule has 2 saturated heterocycles. The van der Waals surface area contributed by atoms with Crippen molar-refractivity contribution < 1.29 is 60.5 Å². The minimum atomic E-state index is -2.17. The molecule has 24 heavy (non-hydrogen) atoms. The molecule has 0 spiro atoms. The number of rotatable bonds is 3. The summed E-state index contributed by atoms with van der Waals surface area (Å²) >= 11 is 0. The quantitative estimate of drug-likeness (QED) is 0.227. The van der Waals surface area contributed by atoms with Crippen LogP contribution in [0.5, 0.6) is 0 Å². The lowest BCUT2D eigenvalue weighted by atomic mass is 9.98. The minimum Gasteiger partial charge on any atom is -0.394 e. The van der Waals surface area contributed by atoms with Gasteiger partial charge in [0.25, 0.3) is 0 Å². The molecule has 8 atom stereocenters. The third-order valence-electron chi connectivity index (χ3n) is 3.84. The average molecular weight is 360 g/mol. The van der Waals surface area contributed by atoms with Crippen molar-refractivity contribution in [2.45, 2.75) is 48.2 Å². The van der Waals surface area contributed by atoms with Crippen LogP contribution in [0.1, 0.15) is 0 Å². The number of aliphatic hydroxyl groups excluding tert-OH is 8. The van der Waals surface area contributed by atoms with E-state index in [0.717, 1.165) is 0 Å². The summed E-state index contributed by atoms with van der Waals surface area (Å²) in [4.78, 5) is 0. The van der Waals surface area contributed by atoms with E-state index in [2.05, 4.69) is 9.47 Å². The van der Waals surface area contributed by atoms with Gasteiger partial charge in [0, 0.05) is 0 Å². The van der Waals surface area contributed by atoms with Gasteiger partial charge >= 0.3 is 0 Å². The predicted molar refractivity (Wildman–Crippen MR) is 72.0 cm³/mol. The lowest BCUT2D eigenvalue weighted by Crippen LogP contribution is -2.62. The summed E-state index contributed by atoms with van der Waals surface area (Å²) in [5.41, 5.74) is 0. The lowest BCUT2D eigenvalue weighted by Gasteiger charge is -2.40. The highest BCUT2D eigenvalue weighted by molar-refractivity contribution is 4.94. The Morgan fingerprint density at radius 3 is 1.67 bits per heavy atom. The molecular weight excluding hydrogens is 336 g/mol. The molecule has 0 aromatic carbocycles. The van der Waals surface area contributed by atoms with Crippen molar-refractivity contribution in [2.24, 2.45) is 0 Å². The Balaban J connectivity index is 0.000000240. The second kappa shape index (κ2) is 8.27. The molecule has 2 heterocycles. The third kappa shape index (κ3) is 4.19. The zero-order chi connectivity index (χ0) is 18.7. The average Bonchev–Trinajstić information content (AvgIpc) is 2.81. The van der Waals surface area contributed by atoms with Crippen LogP contribution in [0.15, 0.2) is 0 Å². The highest BCUT2D eigenvalue weighted by atomic mass is 16.7. The molecule has 0 saturated carbocycles. The van der Waals surface area contributed by atoms with E-state index in [0.29, 0.717) is 0 Å². The van der Waals surface area contributed by atoms with Gasteiger partial charge < -0.3 is 60.5 Å². The maximum atomic E-state index is 9.25. The number of hydrogen-bond acceptors (Lipinski definition) is 12. The van der Waals surface area contributed by atoms with Crippen LogP contribution in [0.25, 0.3) is 0 Å². The molecule has 0 radical (unpaired) electrons. The maximum Gasteiger partial charge on any atom is 0.219 e. The fourth-order valence-electron chi connectivity index (χ4n) is 2.18. The van der Waals surface area contributed by atoms with Gasteiger partial charge in [-0.15, -0.1) is 0 Å². The van der Waals surface area contributed by atoms with Crippen molar-refractivity contribution >= 4 is 0 Å². The van der Waals surface area contributed by atoms with Crippen LogP contribution in [0.3, 0.4) is 0 Å². The second-order valence-corrected chi connectivity index (χ2v) is 5.59. The third-order valence-corrected chi connectivity index (χ3v) is 3.84. The molecule has 0 bridgehead atoms. The monoisotopic (exact) mass is 360 g/mol. The molecule has 12 heteroatoms. The zero-order valence-electron chi connectivity index (χ0n) is 12.6. The lowest BCUT2D eigenvalue weighted by molar-refractivity contribution is -0.331.